The lowest BCUT2D eigenvalue weighted by Gasteiger charge is -2.21. The molecule has 0 atom stereocenters. The van der Waals surface area contributed by atoms with Crippen LogP contribution in [-0.4, -0.2) is 83.4 Å². The van der Waals surface area contributed by atoms with Crippen LogP contribution in [0.4, 0.5) is 0 Å². The van der Waals surface area contributed by atoms with Crippen molar-refractivity contribution in [2.24, 2.45) is 0 Å². The van der Waals surface area contributed by atoms with Crippen LogP contribution in [0.5, 0.6) is 23.0 Å². The largest absolute Gasteiger partial charge is 0.492 e. The molecule has 0 saturated carbocycles. The predicted octanol–water partition coefficient (Wildman–Crippen LogP) is 8.65. The SMILES string of the molecule is CCOC(=O)CN(C)CCCCCN(CC)CCOc1ccc(Oc2c(-c3ccc(S(C)(=O)=O)cc3)ccc3cc(OCc4ccccc4)ccc23)cc1. The quantitative estimate of drug-likeness (QED) is 0.0539. The predicted molar refractivity (Wildman–Crippen MR) is 215 cm³/mol. The van der Waals surface area contributed by atoms with Gasteiger partial charge in [-0.15, -0.1) is 0 Å². The Kier molecular flexibility index (Phi) is 14.9. The molecule has 5 rings (SSSR count). The maximum absolute atomic E-state index is 12.1. The molecule has 0 fully saturated rings. The van der Waals surface area contributed by atoms with E-state index < -0.39 is 9.84 Å². The van der Waals surface area contributed by atoms with Crippen molar-refractivity contribution >= 4 is 26.6 Å². The third kappa shape index (κ3) is 12.1. The Morgan fingerprint density at radius 2 is 1.43 bits per heavy atom. The van der Waals surface area contributed by atoms with Crippen molar-refractivity contribution < 1.29 is 32.2 Å². The molecule has 9 nitrogen and oxygen atoms in total. The molecule has 10 heteroatoms. The summed E-state index contributed by atoms with van der Waals surface area (Å²) in [5.41, 5.74) is 2.76. The molecule has 0 amide bonds. The Bertz CT molecular complexity index is 2040. The van der Waals surface area contributed by atoms with Crippen molar-refractivity contribution in [3.8, 4) is 34.1 Å². The van der Waals surface area contributed by atoms with E-state index >= 15 is 0 Å². The number of hydrogen-bond donors (Lipinski definition) is 0. The molecule has 0 heterocycles. The van der Waals surface area contributed by atoms with E-state index in [2.05, 4.69) is 11.8 Å². The van der Waals surface area contributed by atoms with Crippen LogP contribution < -0.4 is 14.2 Å². The fourth-order valence-corrected chi connectivity index (χ4v) is 6.80. The minimum absolute atomic E-state index is 0.172. The van der Waals surface area contributed by atoms with Crippen LogP contribution in [0.1, 0.15) is 38.7 Å². The molecule has 0 aromatic heterocycles. The first-order valence-corrected chi connectivity index (χ1v) is 20.5. The molecule has 0 aliphatic carbocycles. The van der Waals surface area contributed by atoms with Crippen molar-refractivity contribution in [1.29, 1.82) is 0 Å². The first-order valence-electron chi connectivity index (χ1n) is 18.6. The molecule has 0 spiro atoms. The number of fused-ring (bicyclic) bond motifs is 1. The van der Waals surface area contributed by atoms with Crippen molar-refractivity contribution in [3.05, 3.63) is 115 Å². The number of unbranched alkanes of at least 4 members (excludes halogenated alkanes) is 2. The Morgan fingerprint density at radius 3 is 2.13 bits per heavy atom. The summed E-state index contributed by atoms with van der Waals surface area (Å²) in [5, 5.41) is 1.85. The topological polar surface area (TPSA) is 94.6 Å². The molecule has 286 valence electrons. The second kappa shape index (κ2) is 20.0. The molecule has 0 radical (unpaired) electrons. The molecule has 0 aliphatic heterocycles. The summed E-state index contributed by atoms with van der Waals surface area (Å²) in [6.45, 7) is 9.42. The fourth-order valence-electron chi connectivity index (χ4n) is 6.17. The van der Waals surface area contributed by atoms with E-state index in [4.69, 9.17) is 18.9 Å². The number of sulfone groups is 1. The molecule has 0 aliphatic rings. The third-order valence-electron chi connectivity index (χ3n) is 9.17. The van der Waals surface area contributed by atoms with Crippen molar-refractivity contribution in [1.82, 2.24) is 9.80 Å². The summed E-state index contributed by atoms with van der Waals surface area (Å²) >= 11 is 0. The van der Waals surface area contributed by atoms with E-state index in [1.165, 1.54) is 6.26 Å². The zero-order valence-corrected chi connectivity index (χ0v) is 32.6. The molecular formula is C44H52N2O7S. The lowest BCUT2D eigenvalue weighted by Crippen LogP contribution is -2.30. The van der Waals surface area contributed by atoms with Gasteiger partial charge in [0.1, 0.15) is 36.2 Å². The number of hydrogen-bond acceptors (Lipinski definition) is 9. The average Bonchev–Trinajstić information content (AvgIpc) is 3.17. The summed E-state index contributed by atoms with van der Waals surface area (Å²) in [4.78, 5) is 16.3. The van der Waals surface area contributed by atoms with Crippen LogP contribution in [0.3, 0.4) is 0 Å². The summed E-state index contributed by atoms with van der Waals surface area (Å²) in [7, 11) is -1.38. The van der Waals surface area contributed by atoms with E-state index in [0.717, 1.165) is 84.4 Å². The molecule has 5 aromatic carbocycles. The Morgan fingerprint density at radius 1 is 0.722 bits per heavy atom. The van der Waals surface area contributed by atoms with E-state index in [9.17, 15) is 13.2 Å². The van der Waals surface area contributed by atoms with Gasteiger partial charge >= 0.3 is 5.97 Å². The highest BCUT2D eigenvalue weighted by atomic mass is 32.2. The number of benzene rings is 5. The maximum atomic E-state index is 12.1. The van der Waals surface area contributed by atoms with Crippen molar-refractivity contribution in [2.75, 3.05) is 59.2 Å². The van der Waals surface area contributed by atoms with Gasteiger partial charge in [0.15, 0.2) is 9.84 Å². The second-order valence-corrected chi connectivity index (χ2v) is 15.4. The van der Waals surface area contributed by atoms with Crippen molar-refractivity contribution in [2.45, 2.75) is 44.6 Å². The Balaban J connectivity index is 1.21. The van der Waals surface area contributed by atoms with E-state index in [-0.39, 0.29) is 10.9 Å². The van der Waals surface area contributed by atoms with Crippen LogP contribution in [0.25, 0.3) is 21.9 Å². The second-order valence-electron chi connectivity index (χ2n) is 13.4. The smallest absolute Gasteiger partial charge is 0.320 e. The Hall–Kier alpha value is -4.90. The van der Waals surface area contributed by atoms with Gasteiger partial charge in [-0.3, -0.25) is 9.69 Å². The van der Waals surface area contributed by atoms with E-state index in [0.29, 0.717) is 37.9 Å². The molecule has 0 N–H and O–H groups in total. The zero-order valence-electron chi connectivity index (χ0n) is 31.8. The van der Waals surface area contributed by atoms with Gasteiger partial charge in [-0.2, -0.15) is 0 Å². The summed E-state index contributed by atoms with van der Waals surface area (Å²) in [5.74, 6) is 2.65. The Labute approximate surface area is 320 Å². The van der Waals surface area contributed by atoms with E-state index in [1.54, 1.807) is 12.1 Å². The lowest BCUT2D eigenvalue weighted by atomic mass is 9.99. The first-order chi connectivity index (χ1) is 26.1. The highest BCUT2D eigenvalue weighted by Crippen LogP contribution is 2.41. The van der Waals surface area contributed by atoms with Gasteiger partial charge in [-0.25, -0.2) is 8.42 Å². The number of likely N-dealkylation sites (N-methyl/N-ethyl adjacent to an activating group) is 2. The zero-order chi connectivity index (χ0) is 38.3. The van der Waals surface area contributed by atoms with Gasteiger partial charge in [0, 0.05) is 23.8 Å². The van der Waals surface area contributed by atoms with Gasteiger partial charge in [0.05, 0.1) is 18.0 Å². The lowest BCUT2D eigenvalue weighted by molar-refractivity contribution is -0.144. The highest BCUT2D eigenvalue weighted by Gasteiger charge is 2.15. The highest BCUT2D eigenvalue weighted by molar-refractivity contribution is 7.90. The standard InChI is InChI=1S/C44H52N2O7S/c1-5-46(28-12-8-11-27-45(3)32-43(47)50-6-2)29-30-51-37-18-20-38(21-19-37)53-44-41(35-15-23-40(24-16-35)54(4,48)49)25-17-36-31-39(22-26-42(36)44)52-33-34-13-9-7-10-14-34/h7,9-10,13-26,31H,5-6,8,11-12,27-30,32-33H2,1-4H3. The summed E-state index contributed by atoms with van der Waals surface area (Å²) in [6.07, 6.45) is 4.43. The number of carbonyl (C=O) groups excluding carboxylic acids is 1. The molecular weight excluding hydrogens is 701 g/mol. The number of carbonyl (C=O) groups is 1. The third-order valence-corrected chi connectivity index (χ3v) is 10.3. The molecule has 54 heavy (non-hydrogen) atoms. The number of esters is 1. The van der Waals surface area contributed by atoms with Gasteiger partial charge in [-0.1, -0.05) is 61.9 Å². The van der Waals surface area contributed by atoms with Crippen molar-refractivity contribution in [3.63, 3.8) is 0 Å². The van der Waals surface area contributed by atoms with Crippen LogP contribution in [0.15, 0.2) is 114 Å². The monoisotopic (exact) mass is 752 g/mol. The van der Waals surface area contributed by atoms with Crippen LogP contribution in [0, 0.1) is 0 Å². The minimum atomic E-state index is -3.33. The maximum Gasteiger partial charge on any atom is 0.320 e. The molecule has 5 aromatic rings. The molecule has 0 saturated heterocycles. The minimum Gasteiger partial charge on any atom is -0.492 e. The molecule has 0 unspecified atom stereocenters. The average molecular weight is 753 g/mol. The number of rotatable bonds is 21. The van der Waals surface area contributed by atoms with Crippen LogP contribution in [0.2, 0.25) is 0 Å². The van der Waals surface area contributed by atoms with Gasteiger partial charge in [-0.05, 0) is 124 Å². The summed E-state index contributed by atoms with van der Waals surface area (Å²) in [6, 6.07) is 34.5. The molecule has 0 bridgehead atoms. The normalized spacial score (nSPS) is 11.6. The van der Waals surface area contributed by atoms with Gasteiger partial charge < -0.3 is 23.8 Å². The van der Waals surface area contributed by atoms with Gasteiger partial charge in [0.25, 0.3) is 0 Å². The van der Waals surface area contributed by atoms with Crippen LogP contribution >= 0.6 is 0 Å². The fraction of sp³-hybridized carbons (Fsp3) is 0.341. The van der Waals surface area contributed by atoms with E-state index in [1.807, 2.05) is 116 Å². The number of ether oxygens (including phenoxy) is 4. The summed E-state index contributed by atoms with van der Waals surface area (Å²) < 4.78 is 48.2. The van der Waals surface area contributed by atoms with Crippen LogP contribution in [-0.2, 0) is 26.0 Å². The van der Waals surface area contributed by atoms with Gasteiger partial charge in [0.2, 0.25) is 0 Å². The first kappa shape index (κ1) is 40.3. The number of nitrogens with zero attached hydrogens (tertiary/aromatic N) is 2.